The summed E-state index contributed by atoms with van der Waals surface area (Å²) >= 11 is 5.45. The molecular weight excluding hydrogens is 340 g/mol. The van der Waals surface area contributed by atoms with Crippen molar-refractivity contribution in [3.63, 3.8) is 0 Å². The van der Waals surface area contributed by atoms with E-state index in [4.69, 9.17) is 12.2 Å². The summed E-state index contributed by atoms with van der Waals surface area (Å²) in [6.07, 6.45) is 5.50. The average molecular weight is 365 g/mol. The monoisotopic (exact) mass is 364 g/mol. The zero-order valence-electron chi connectivity index (χ0n) is 15.3. The second-order valence-electron chi connectivity index (χ2n) is 6.66. The largest absolute Gasteiger partial charge is 0.356 e. The quantitative estimate of drug-likeness (QED) is 0.622. The van der Waals surface area contributed by atoms with Gasteiger partial charge in [0.1, 0.15) is 0 Å². The van der Waals surface area contributed by atoms with Gasteiger partial charge in [-0.2, -0.15) is 0 Å². The third kappa shape index (κ3) is 4.49. The number of rotatable bonds is 5. The molecule has 0 fully saturated rings. The van der Waals surface area contributed by atoms with Gasteiger partial charge < -0.3 is 15.2 Å². The van der Waals surface area contributed by atoms with Gasteiger partial charge in [0.05, 0.1) is 12.4 Å². The molecule has 1 aromatic heterocycles. The van der Waals surface area contributed by atoms with Gasteiger partial charge in [0.25, 0.3) is 0 Å². The van der Waals surface area contributed by atoms with E-state index in [0.29, 0.717) is 11.0 Å². The Bertz CT molecular complexity index is 837. The molecule has 0 unspecified atom stereocenters. The second kappa shape index (κ2) is 8.15. The van der Waals surface area contributed by atoms with E-state index < -0.39 is 0 Å². The Balaban J connectivity index is 1.58. The van der Waals surface area contributed by atoms with E-state index >= 15 is 0 Å². The van der Waals surface area contributed by atoms with E-state index in [2.05, 4.69) is 84.9 Å². The van der Waals surface area contributed by atoms with Crippen LogP contribution in [0.15, 0.2) is 67.3 Å². The van der Waals surface area contributed by atoms with Crippen LogP contribution in [0.3, 0.4) is 0 Å². The van der Waals surface area contributed by atoms with E-state index in [1.54, 1.807) is 12.5 Å². The topological polar surface area (TPSA) is 41.9 Å². The molecule has 3 aromatic rings. The Morgan fingerprint density at radius 1 is 0.962 bits per heavy atom. The van der Waals surface area contributed by atoms with Crippen molar-refractivity contribution >= 4 is 23.0 Å². The fourth-order valence-corrected chi connectivity index (χ4v) is 3.04. The first-order valence-electron chi connectivity index (χ1n) is 8.78. The summed E-state index contributed by atoms with van der Waals surface area (Å²) < 4.78 is 1.98. The Kier molecular flexibility index (Phi) is 5.68. The molecule has 2 N–H and O–H groups in total. The van der Waals surface area contributed by atoms with Crippen LogP contribution in [-0.2, 0) is 0 Å². The van der Waals surface area contributed by atoms with Crippen molar-refractivity contribution < 1.29 is 0 Å². The summed E-state index contributed by atoms with van der Waals surface area (Å²) in [4.78, 5) is 4.08. The number of imidazole rings is 1. The fraction of sp³-hybridized carbons (Fsp3) is 0.238. The molecule has 0 aliphatic carbocycles. The highest BCUT2D eigenvalue weighted by molar-refractivity contribution is 7.80. The molecule has 1 atom stereocenters. The standard InChI is InChI=1S/C21H24N4S/c1-15(2)17-4-8-19(9-5-17)24-21(26)23-16(3)18-6-10-20(11-7-18)25-13-12-22-14-25/h4-16H,1-3H3,(H2,23,24,26)/t16-/m1/s1. The third-order valence-electron chi connectivity index (χ3n) is 4.38. The van der Waals surface area contributed by atoms with Gasteiger partial charge in [-0.1, -0.05) is 38.1 Å². The van der Waals surface area contributed by atoms with Gasteiger partial charge in [-0.05, 0) is 60.5 Å². The first kappa shape index (κ1) is 18.1. The minimum Gasteiger partial charge on any atom is -0.356 e. The van der Waals surface area contributed by atoms with Crippen LogP contribution in [-0.4, -0.2) is 14.7 Å². The third-order valence-corrected chi connectivity index (χ3v) is 4.60. The number of aromatic nitrogens is 2. The maximum atomic E-state index is 5.45. The number of nitrogens with one attached hydrogen (secondary N) is 2. The Labute approximate surface area is 160 Å². The summed E-state index contributed by atoms with van der Waals surface area (Å²) in [6.45, 7) is 6.48. The van der Waals surface area contributed by atoms with Gasteiger partial charge in [0.2, 0.25) is 0 Å². The van der Waals surface area contributed by atoms with Crippen molar-refractivity contribution in [1.29, 1.82) is 0 Å². The minimum absolute atomic E-state index is 0.113. The van der Waals surface area contributed by atoms with E-state index in [-0.39, 0.29) is 6.04 Å². The number of benzene rings is 2. The van der Waals surface area contributed by atoms with Gasteiger partial charge >= 0.3 is 0 Å². The fourth-order valence-electron chi connectivity index (χ4n) is 2.75. The van der Waals surface area contributed by atoms with Crippen molar-refractivity contribution in [2.24, 2.45) is 0 Å². The highest BCUT2D eigenvalue weighted by Gasteiger charge is 2.08. The van der Waals surface area contributed by atoms with Gasteiger partial charge in [-0.25, -0.2) is 4.98 Å². The minimum atomic E-state index is 0.113. The normalized spacial score (nSPS) is 12.0. The van der Waals surface area contributed by atoms with E-state index in [1.807, 2.05) is 10.8 Å². The van der Waals surface area contributed by atoms with E-state index in [0.717, 1.165) is 11.4 Å². The highest BCUT2D eigenvalue weighted by Crippen LogP contribution is 2.18. The lowest BCUT2D eigenvalue weighted by atomic mass is 10.0. The number of thiocarbonyl (C=S) groups is 1. The molecule has 0 amide bonds. The Morgan fingerprint density at radius 2 is 1.62 bits per heavy atom. The molecule has 5 heteroatoms. The lowest BCUT2D eigenvalue weighted by Crippen LogP contribution is -2.30. The molecule has 4 nitrogen and oxygen atoms in total. The molecule has 0 bridgehead atoms. The average Bonchev–Trinajstić information content (AvgIpc) is 3.17. The first-order chi connectivity index (χ1) is 12.5. The molecule has 1 heterocycles. The van der Waals surface area contributed by atoms with Gasteiger partial charge in [0, 0.05) is 23.8 Å². The van der Waals surface area contributed by atoms with Crippen molar-refractivity contribution in [3.8, 4) is 5.69 Å². The molecule has 0 saturated heterocycles. The molecule has 2 aromatic carbocycles. The van der Waals surface area contributed by atoms with Crippen LogP contribution in [0.4, 0.5) is 5.69 Å². The van der Waals surface area contributed by atoms with Crippen molar-refractivity contribution in [1.82, 2.24) is 14.9 Å². The SMILES string of the molecule is CC(C)c1ccc(NC(=S)N[C@H](C)c2ccc(-n3ccnc3)cc2)cc1. The Morgan fingerprint density at radius 3 is 2.19 bits per heavy atom. The summed E-state index contributed by atoms with van der Waals surface area (Å²) in [5, 5.41) is 7.21. The number of hydrogen-bond donors (Lipinski definition) is 2. The van der Waals surface area contributed by atoms with Gasteiger partial charge in [-0.15, -0.1) is 0 Å². The molecule has 0 aliphatic rings. The van der Waals surface area contributed by atoms with Crippen LogP contribution in [0.2, 0.25) is 0 Å². The number of hydrogen-bond acceptors (Lipinski definition) is 2. The van der Waals surface area contributed by atoms with Crippen LogP contribution in [0.1, 0.15) is 43.9 Å². The van der Waals surface area contributed by atoms with Crippen LogP contribution in [0.5, 0.6) is 0 Å². The van der Waals surface area contributed by atoms with Gasteiger partial charge in [0.15, 0.2) is 5.11 Å². The Hall–Kier alpha value is -2.66. The van der Waals surface area contributed by atoms with Crippen molar-refractivity contribution in [3.05, 3.63) is 78.4 Å². The van der Waals surface area contributed by atoms with Crippen molar-refractivity contribution in [2.45, 2.75) is 32.7 Å². The van der Waals surface area contributed by atoms with Crippen molar-refractivity contribution in [2.75, 3.05) is 5.32 Å². The predicted octanol–water partition coefficient (Wildman–Crippen LogP) is 5.04. The van der Waals surface area contributed by atoms with E-state index in [1.165, 1.54) is 11.1 Å². The molecule has 26 heavy (non-hydrogen) atoms. The molecule has 0 spiro atoms. The van der Waals surface area contributed by atoms with Crippen LogP contribution in [0.25, 0.3) is 5.69 Å². The highest BCUT2D eigenvalue weighted by atomic mass is 32.1. The van der Waals surface area contributed by atoms with E-state index in [9.17, 15) is 0 Å². The predicted molar refractivity (Wildman–Crippen MR) is 112 cm³/mol. The number of anilines is 1. The summed E-state index contributed by atoms with van der Waals surface area (Å²) in [7, 11) is 0. The smallest absolute Gasteiger partial charge is 0.171 e. The van der Waals surface area contributed by atoms with Crippen LogP contribution < -0.4 is 10.6 Å². The number of nitrogens with zero attached hydrogens (tertiary/aromatic N) is 2. The molecule has 0 aliphatic heterocycles. The summed E-state index contributed by atoms with van der Waals surface area (Å²) in [6, 6.07) is 16.9. The zero-order chi connectivity index (χ0) is 18.5. The first-order valence-corrected chi connectivity index (χ1v) is 9.19. The molecule has 0 saturated carbocycles. The maximum absolute atomic E-state index is 5.45. The maximum Gasteiger partial charge on any atom is 0.171 e. The summed E-state index contributed by atoms with van der Waals surface area (Å²) in [5.74, 6) is 0.527. The molecular formula is C21H24N4S. The zero-order valence-corrected chi connectivity index (χ0v) is 16.1. The van der Waals surface area contributed by atoms with Gasteiger partial charge in [-0.3, -0.25) is 0 Å². The molecule has 0 radical (unpaired) electrons. The lowest BCUT2D eigenvalue weighted by Gasteiger charge is -2.18. The molecule has 134 valence electrons. The molecule has 3 rings (SSSR count). The van der Waals surface area contributed by atoms with Crippen LogP contribution in [0, 0.1) is 0 Å². The second-order valence-corrected chi connectivity index (χ2v) is 7.07. The lowest BCUT2D eigenvalue weighted by molar-refractivity contribution is 0.722. The summed E-state index contributed by atoms with van der Waals surface area (Å²) in [5.41, 5.74) is 4.58. The van der Waals surface area contributed by atoms with Crippen LogP contribution >= 0.6 is 12.2 Å².